The Balaban J connectivity index is 1.72. The second-order valence-electron chi connectivity index (χ2n) is 11.9. The zero-order chi connectivity index (χ0) is 30.1. The Morgan fingerprint density at radius 3 is 1.93 bits per heavy atom. The second-order valence-corrected chi connectivity index (χ2v) is 12.5. The minimum absolute atomic E-state index is 0.314. The minimum atomic E-state index is -2.08. The highest BCUT2D eigenvalue weighted by atomic mass is 35.5. The van der Waals surface area contributed by atoms with Gasteiger partial charge < -0.3 is 10.1 Å². The van der Waals surface area contributed by atoms with Crippen LogP contribution in [0.15, 0.2) is 42.7 Å². The molecule has 0 aliphatic heterocycles. The van der Waals surface area contributed by atoms with Crippen LogP contribution in [0, 0.1) is 5.41 Å². The van der Waals surface area contributed by atoms with Crippen LogP contribution in [0.2, 0.25) is 0 Å². The van der Waals surface area contributed by atoms with Gasteiger partial charge in [0.25, 0.3) is 10.9 Å². The Hall–Kier alpha value is -2.67. The van der Waals surface area contributed by atoms with E-state index in [4.69, 9.17) is 16.3 Å². The maximum absolute atomic E-state index is 13.3. The van der Waals surface area contributed by atoms with Crippen molar-refractivity contribution in [1.29, 1.82) is 0 Å². The van der Waals surface area contributed by atoms with E-state index < -0.39 is 28.1 Å². The molecule has 0 fully saturated rings. The lowest BCUT2D eigenvalue weighted by Crippen LogP contribution is -2.52. The van der Waals surface area contributed by atoms with Crippen molar-refractivity contribution in [2.24, 2.45) is 5.41 Å². The first-order chi connectivity index (χ1) is 19.6. The van der Waals surface area contributed by atoms with E-state index in [-0.39, 0.29) is 0 Å². The summed E-state index contributed by atoms with van der Waals surface area (Å²) in [7, 11) is 0. The summed E-state index contributed by atoms with van der Waals surface area (Å²) < 4.78 is 6.60. The number of benzene rings is 1. The van der Waals surface area contributed by atoms with Crippen LogP contribution >= 0.6 is 11.6 Å². The number of nitrogens with one attached hydrogen (secondary N) is 1. The molecule has 0 spiro atoms. The number of hydrogen-bond donors (Lipinski definition) is 1. The number of alkyl halides is 1. The molecule has 1 amide bonds. The smallest absolute Gasteiger partial charge is 0.338 e. The Kier molecular flexibility index (Phi) is 15.2. The first-order valence-corrected chi connectivity index (χ1v) is 15.8. The lowest BCUT2D eigenvalue weighted by atomic mass is 9.85. The highest BCUT2D eigenvalue weighted by Crippen LogP contribution is 2.33. The van der Waals surface area contributed by atoms with Crippen molar-refractivity contribution in [2.75, 3.05) is 11.9 Å². The van der Waals surface area contributed by atoms with Crippen molar-refractivity contribution in [1.82, 2.24) is 9.78 Å². The molecule has 1 unspecified atom stereocenters. The van der Waals surface area contributed by atoms with Gasteiger partial charge in [0, 0.05) is 23.5 Å². The number of halogens is 1. The van der Waals surface area contributed by atoms with Crippen LogP contribution in [0.1, 0.15) is 128 Å². The van der Waals surface area contributed by atoms with E-state index in [1.54, 1.807) is 45.0 Å². The second kappa shape index (κ2) is 18.0. The molecule has 1 aromatic heterocycles. The number of ketones is 1. The van der Waals surface area contributed by atoms with Crippen LogP contribution in [-0.2, 0) is 19.3 Å². The molecule has 1 N–H and O–H groups in total. The molecule has 1 atom stereocenters. The third-order valence-corrected chi connectivity index (χ3v) is 7.71. The van der Waals surface area contributed by atoms with E-state index in [9.17, 15) is 14.4 Å². The van der Waals surface area contributed by atoms with Crippen LogP contribution in [0.4, 0.5) is 5.69 Å². The lowest BCUT2D eigenvalue weighted by Gasteiger charge is -2.31. The van der Waals surface area contributed by atoms with E-state index in [0.717, 1.165) is 23.9 Å². The number of carbonyl (C=O) groups is 3. The molecule has 0 aliphatic carbocycles. The van der Waals surface area contributed by atoms with Crippen LogP contribution in [0.5, 0.6) is 0 Å². The fraction of sp³-hybridized carbons (Fsp3) is 0.636. The van der Waals surface area contributed by atoms with Gasteiger partial charge in [0.05, 0.1) is 12.2 Å². The Morgan fingerprint density at radius 2 is 1.41 bits per heavy atom. The van der Waals surface area contributed by atoms with Gasteiger partial charge >= 0.3 is 5.97 Å². The Labute approximate surface area is 251 Å². The van der Waals surface area contributed by atoms with Crippen molar-refractivity contribution in [3.63, 3.8) is 0 Å². The average molecular weight is 588 g/mol. The molecule has 228 valence electrons. The van der Waals surface area contributed by atoms with Crippen LogP contribution < -0.4 is 5.32 Å². The zero-order valence-corrected chi connectivity index (χ0v) is 26.3. The summed E-state index contributed by atoms with van der Waals surface area (Å²) in [6.07, 6.45) is 20.7. The zero-order valence-electron chi connectivity index (χ0n) is 25.6. The molecule has 0 aliphatic rings. The maximum atomic E-state index is 13.3. The Bertz CT molecular complexity index is 1060. The molecule has 0 radical (unpaired) electrons. The topological polar surface area (TPSA) is 90.3 Å². The van der Waals surface area contributed by atoms with Gasteiger partial charge in [-0.05, 0) is 30.7 Å². The number of anilines is 1. The van der Waals surface area contributed by atoms with Crippen LogP contribution in [-0.4, -0.2) is 34.0 Å². The fourth-order valence-electron chi connectivity index (χ4n) is 4.74. The van der Waals surface area contributed by atoms with Gasteiger partial charge in [-0.25, -0.2) is 9.48 Å². The van der Waals surface area contributed by atoms with Gasteiger partial charge in [0.15, 0.2) is 5.78 Å². The predicted octanol–water partition coefficient (Wildman–Crippen LogP) is 8.67. The molecule has 7 nitrogen and oxygen atoms in total. The lowest BCUT2D eigenvalue weighted by molar-refractivity contribution is -0.138. The van der Waals surface area contributed by atoms with Crippen LogP contribution in [0.3, 0.4) is 0 Å². The summed E-state index contributed by atoms with van der Waals surface area (Å²) in [5.41, 5.74) is -0.251. The number of amides is 1. The predicted molar refractivity (Wildman–Crippen MR) is 166 cm³/mol. The molecule has 1 heterocycles. The number of ether oxygens (including phenoxy) is 1. The van der Waals surface area contributed by atoms with Crippen molar-refractivity contribution in [3.05, 3.63) is 48.3 Å². The minimum Gasteiger partial charge on any atom is -0.462 e. The third-order valence-electron chi connectivity index (χ3n) is 7.19. The van der Waals surface area contributed by atoms with Gasteiger partial charge in [-0.2, -0.15) is 5.10 Å². The molecule has 2 aromatic rings. The van der Waals surface area contributed by atoms with E-state index in [1.807, 2.05) is 0 Å². The highest BCUT2D eigenvalue weighted by Gasteiger charge is 2.51. The number of aromatic nitrogens is 2. The van der Waals surface area contributed by atoms with E-state index >= 15 is 0 Å². The molecular formula is C33H50ClN3O4. The molecule has 0 bridgehead atoms. The number of rotatable bonds is 20. The normalized spacial score (nSPS) is 13.0. The molecule has 8 heteroatoms. The summed E-state index contributed by atoms with van der Waals surface area (Å²) >= 11 is 6.67. The summed E-state index contributed by atoms with van der Waals surface area (Å²) in [6, 6.07) is 8.02. The van der Waals surface area contributed by atoms with E-state index in [2.05, 4.69) is 17.3 Å². The first kappa shape index (κ1) is 34.5. The molecule has 0 saturated carbocycles. The van der Waals surface area contributed by atoms with E-state index in [1.165, 1.54) is 89.1 Å². The molecule has 2 rings (SSSR count). The van der Waals surface area contributed by atoms with Crippen molar-refractivity contribution >= 4 is 34.9 Å². The number of hydrogen-bond acceptors (Lipinski definition) is 5. The number of nitrogens with zero attached hydrogens (tertiary/aromatic N) is 2. The number of Topliss-reactive ketones (excluding diaryl/α,β-unsaturated/α-hetero) is 1. The van der Waals surface area contributed by atoms with Gasteiger partial charge in [0.2, 0.25) is 0 Å². The maximum Gasteiger partial charge on any atom is 0.338 e. The van der Waals surface area contributed by atoms with Crippen LogP contribution in [0.25, 0.3) is 0 Å². The van der Waals surface area contributed by atoms with Gasteiger partial charge in [-0.1, -0.05) is 129 Å². The third kappa shape index (κ3) is 11.6. The quantitative estimate of drug-likeness (QED) is 0.0724. The summed E-state index contributed by atoms with van der Waals surface area (Å²) in [5, 5.41) is 6.73. The monoisotopic (exact) mass is 587 g/mol. The Morgan fingerprint density at radius 1 is 0.854 bits per heavy atom. The van der Waals surface area contributed by atoms with E-state index in [0.29, 0.717) is 17.9 Å². The summed E-state index contributed by atoms with van der Waals surface area (Å²) in [6.45, 7) is 7.69. The molecule has 1 aromatic carbocycles. The van der Waals surface area contributed by atoms with Gasteiger partial charge in [-0.15, -0.1) is 0 Å². The highest BCUT2D eigenvalue weighted by molar-refractivity contribution is 6.45. The average Bonchev–Trinajstić information content (AvgIpc) is 3.49. The summed E-state index contributed by atoms with van der Waals surface area (Å²) in [5.74, 6) is -1.71. The van der Waals surface area contributed by atoms with Crippen molar-refractivity contribution in [3.8, 4) is 0 Å². The number of unbranched alkanes of at least 4 members (excludes halogenated alkanes) is 13. The first-order valence-electron chi connectivity index (χ1n) is 15.4. The molecule has 0 saturated heterocycles. The fourth-order valence-corrected chi connectivity index (χ4v) is 5.17. The van der Waals surface area contributed by atoms with Gasteiger partial charge in [-0.3, -0.25) is 9.59 Å². The number of esters is 1. The standard InChI is InChI=1S/C33H50ClN3O4/c1-5-6-7-8-9-10-11-12-13-14-15-16-17-18-25-41-29(38)27-21-19-22-28(26-27)36-31(40)33(34,30(39)32(2,3)4)37-24-20-23-35-37/h19-24,26H,5-18,25H2,1-4H3,(H,36,40). The largest absolute Gasteiger partial charge is 0.462 e. The SMILES string of the molecule is CCCCCCCCCCCCCCCCOC(=O)c1cccc(NC(=O)C(Cl)(C(=O)C(C)(C)C)n2cccn2)c1. The van der Waals surface area contributed by atoms with Crippen molar-refractivity contribution < 1.29 is 19.1 Å². The summed E-state index contributed by atoms with van der Waals surface area (Å²) in [4.78, 5) is 37.0. The number of carbonyl (C=O) groups excluding carboxylic acids is 3. The van der Waals surface area contributed by atoms with Gasteiger partial charge in [0.1, 0.15) is 0 Å². The molecular weight excluding hydrogens is 538 g/mol. The molecule has 41 heavy (non-hydrogen) atoms. The van der Waals surface area contributed by atoms with Crippen molar-refractivity contribution in [2.45, 2.75) is 123 Å².